The molecule has 0 bridgehead atoms. The Morgan fingerprint density at radius 1 is 1.00 bits per heavy atom. The Balaban J connectivity index is 0.00000144. The van der Waals surface area contributed by atoms with Crippen molar-refractivity contribution >= 4 is 0 Å². The normalized spacial score (nSPS) is 9.47. The molecule has 0 saturated heterocycles. The fourth-order valence-electron chi connectivity index (χ4n) is 1.43. The van der Waals surface area contributed by atoms with Gasteiger partial charge in [-0.1, -0.05) is 35.9 Å². The third kappa shape index (κ3) is 3.94. The SMILES string of the molecule is COCOc1[c-]cc(-c2ccccc2)cc1.[Li+]. The Morgan fingerprint density at radius 3 is 2.35 bits per heavy atom. The Hall–Kier alpha value is -1.20. The summed E-state index contributed by atoms with van der Waals surface area (Å²) in [6.45, 7) is 0.251. The van der Waals surface area contributed by atoms with E-state index in [2.05, 4.69) is 18.2 Å². The molecule has 2 rings (SSSR count). The summed E-state index contributed by atoms with van der Waals surface area (Å²) in [4.78, 5) is 0. The molecule has 0 spiro atoms. The van der Waals surface area contributed by atoms with Gasteiger partial charge in [-0.2, -0.15) is 12.1 Å². The van der Waals surface area contributed by atoms with Crippen LogP contribution in [0.2, 0.25) is 0 Å². The summed E-state index contributed by atoms with van der Waals surface area (Å²) in [6.07, 6.45) is 0. The van der Waals surface area contributed by atoms with Crippen LogP contribution < -0.4 is 23.6 Å². The number of hydrogen-bond acceptors (Lipinski definition) is 2. The van der Waals surface area contributed by atoms with Crippen LogP contribution in [-0.2, 0) is 4.74 Å². The first-order valence-electron chi connectivity index (χ1n) is 5.09. The van der Waals surface area contributed by atoms with Crippen LogP contribution in [-0.4, -0.2) is 13.9 Å². The van der Waals surface area contributed by atoms with Gasteiger partial charge in [-0.3, -0.25) is 0 Å². The maximum atomic E-state index is 5.27. The van der Waals surface area contributed by atoms with E-state index < -0.39 is 0 Å². The van der Waals surface area contributed by atoms with Crippen LogP contribution in [0, 0.1) is 6.07 Å². The minimum atomic E-state index is 0. The van der Waals surface area contributed by atoms with Crippen molar-refractivity contribution in [2.45, 2.75) is 0 Å². The predicted molar refractivity (Wildman–Crippen MR) is 63.2 cm³/mol. The number of hydrogen-bond donors (Lipinski definition) is 0. The fraction of sp³-hybridized carbons (Fsp3) is 0.143. The molecular weight excluding hydrogens is 207 g/mol. The summed E-state index contributed by atoms with van der Waals surface area (Å²) in [6, 6.07) is 19.1. The van der Waals surface area contributed by atoms with Gasteiger partial charge in [-0.05, 0) is 0 Å². The van der Waals surface area contributed by atoms with E-state index in [1.165, 1.54) is 5.56 Å². The van der Waals surface area contributed by atoms with Crippen molar-refractivity contribution in [2.75, 3.05) is 13.9 Å². The molecular formula is C14H13LiO2. The molecule has 82 valence electrons. The van der Waals surface area contributed by atoms with Gasteiger partial charge < -0.3 is 9.47 Å². The van der Waals surface area contributed by atoms with Crippen molar-refractivity contribution in [3.63, 3.8) is 0 Å². The van der Waals surface area contributed by atoms with Crippen molar-refractivity contribution in [1.82, 2.24) is 0 Å². The molecule has 0 saturated carbocycles. The molecule has 2 nitrogen and oxygen atoms in total. The van der Waals surface area contributed by atoms with Gasteiger partial charge in [-0.15, -0.1) is 17.7 Å². The molecule has 2 aromatic carbocycles. The van der Waals surface area contributed by atoms with Crippen LogP contribution in [0.25, 0.3) is 11.1 Å². The molecule has 0 aliphatic rings. The van der Waals surface area contributed by atoms with Crippen molar-refractivity contribution in [3.8, 4) is 16.9 Å². The Labute approximate surface area is 114 Å². The molecule has 2 aromatic rings. The van der Waals surface area contributed by atoms with E-state index in [1.54, 1.807) is 7.11 Å². The zero-order chi connectivity index (χ0) is 11.2. The fourth-order valence-corrected chi connectivity index (χ4v) is 1.43. The maximum Gasteiger partial charge on any atom is 1.00 e. The van der Waals surface area contributed by atoms with E-state index in [-0.39, 0.29) is 25.7 Å². The second-order valence-electron chi connectivity index (χ2n) is 3.36. The summed E-state index contributed by atoms with van der Waals surface area (Å²) in [7, 11) is 1.60. The molecule has 0 aromatic heterocycles. The summed E-state index contributed by atoms with van der Waals surface area (Å²) in [5, 5.41) is 0. The van der Waals surface area contributed by atoms with Crippen molar-refractivity contribution in [2.24, 2.45) is 0 Å². The van der Waals surface area contributed by atoms with Gasteiger partial charge in [0.25, 0.3) is 0 Å². The second kappa shape index (κ2) is 7.19. The van der Waals surface area contributed by atoms with Crippen molar-refractivity contribution in [3.05, 3.63) is 54.6 Å². The van der Waals surface area contributed by atoms with Crippen molar-refractivity contribution in [1.29, 1.82) is 0 Å². The first kappa shape index (κ1) is 13.9. The monoisotopic (exact) mass is 220 g/mol. The molecule has 0 aliphatic heterocycles. The molecule has 0 atom stereocenters. The van der Waals surface area contributed by atoms with Crippen LogP contribution in [0.3, 0.4) is 0 Å². The number of ether oxygens (including phenoxy) is 2. The standard InChI is InChI=1S/C14H13O2.Li/c1-15-11-16-14-9-7-13(8-10-14)12-5-3-2-4-6-12;/h2-9H,11H2,1H3;/q-1;+1. The Kier molecular flexibility index (Phi) is 5.86. The van der Waals surface area contributed by atoms with Gasteiger partial charge in [-0.25, -0.2) is 0 Å². The van der Waals surface area contributed by atoms with Gasteiger partial charge in [0, 0.05) is 12.9 Å². The molecule has 17 heavy (non-hydrogen) atoms. The number of methoxy groups -OCH3 is 1. The summed E-state index contributed by atoms with van der Waals surface area (Å²) in [5.41, 5.74) is 2.31. The third-order valence-corrected chi connectivity index (χ3v) is 2.22. The van der Waals surface area contributed by atoms with E-state index in [0.717, 1.165) is 5.56 Å². The van der Waals surface area contributed by atoms with Gasteiger partial charge in [0.2, 0.25) is 0 Å². The molecule has 3 heteroatoms. The Bertz CT molecular complexity index is 426. The molecule has 0 heterocycles. The van der Waals surface area contributed by atoms with Crippen LogP contribution >= 0.6 is 0 Å². The average Bonchev–Trinajstić information content (AvgIpc) is 2.38. The van der Waals surface area contributed by atoms with Gasteiger partial charge in [0.05, 0.1) is 0 Å². The quantitative estimate of drug-likeness (QED) is 0.414. The van der Waals surface area contributed by atoms with Gasteiger partial charge in [0.1, 0.15) is 0 Å². The third-order valence-electron chi connectivity index (χ3n) is 2.22. The minimum Gasteiger partial charge on any atom is -0.493 e. The van der Waals surface area contributed by atoms with Gasteiger partial charge >= 0.3 is 18.9 Å². The molecule has 0 aliphatic carbocycles. The second-order valence-corrected chi connectivity index (χ2v) is 3.36. The summed E-state index contributed by atoms with van der Waals surface area (Å²) >= 11 is 0. The zero-order valence-corrected chi connectivity index (χ0v) is 10.1. The van der Waals surface area contributed by atoms with E-state index in [4.69, 9.17) is 9.47 Å². The number of rotatable bonds is 4. The molecule has 0 radical (unpaired) electrons. The molecule has 0 fully saturated rings. The van der Waals surface area contributed by atoms with E-state index in [9.17, 15) is 0 Å². The first-order valence-corrected chi connectivity index (χ1v) is 5.09. The maximum absolute atomic E-state index is 5.27. The number of benzene rings is 2. The zero-order valence-electron chi connectivity index (χ0n) is 10.1. The molecule has 0 amide bonds. The van der Waals surface area contributed by atoms with Crippen molar-refractivity contribution < 1.29 is 28.3 Å². The predicted octanol–water partition coefficient (Wildman–Crippen LogP) is 0.140. The van der Waals surface area contributed by atoms with Crippen LogP contribution in [0.5, 0.6) is 5.75 Å². The van der Waals surface area contributed by atoms with Crippen LogP contribution in [0.1, 0.15) is 0 Å². The largest absolute Gasteiger partial charge is 1.00 e. The van der Waals surface area contributed by atoms with Gasteiger partial charge in [0.15, 0.2) is 6.79 Å². The molecule has 0 N–H and O–H groups in total. The van der Waals surface area contributed by atoms with E-state index >= 15 is 0 Å². The Morgan fingerprint density at radius 2 is 1.76 bits per heavy atom. The average molecular weight is 220 g/mol. The van der Waals surface area contributed by atoms with E-state index in [1.807, 2.05) is 36.4 Å². The summed E-state index contributed by atoms with van der Waals surface area (Å²) < 4.78 is 10.1. The van der Waals surface area contributed by atoms with Crippen LogP contribution in [0.15, 0.2) is 48.5 Å². The molecule has 0 unspecified atom stereocenters. The summed E-state index contributed by atoms with van der Waals surface area (Å²) in [5.74, 6) is 0.696. The first-order chi connectivity index (χ1) is 7.90. The topological polar surface area (TPSA) is 18.5 Å². The smallest absolute Gasteiger partial charge is 0.493 e. The van der Waals surface area contributed by atoms with Crippen LogP contribution in [0.4, 0.5) is 0 Å². The van der Waals surface area contributed by atoms with E-state index in [0.29, 0.717) is 5.75 Å². The minimum absolute atomic E-state index is 0.